The van der Waals surface area contributed by atoms with Gasteiger partial charge in [-0.1, -0.05) is 52.3 Å². The molecule has 0 aliphatic rings. The highest BCUT2D eigenvalue weighted by Gasteiger charge is 2.07. The Morgan fingerprint density at radius 2 is 1.85 bits per heavy atom. The summed E-state index contributed by atoms with van der Waals surface area (Å²) in [5.41, 5.74) is 1.94. The molecule has 3 aromatic rings. The molecule has 0 N–H and O–H groups in total. The summed E-state index contributed by atoms with van der Waals surface area (Å²) in [6.07, 6.45) is 2.55. The van der Waals surface area contributed by atoms with Crippen molar-refractivity contribution in [3.8, 4) is 0 Å². The van der Waals surface area contributed by atoms with Gasteiger partial charge in [0.2, 0.25) is 0 Å². The van der Waals surface area contributed by atoms with Gasteiger partial charge >= 0.3 is 0 Å². The first-order chi connectivity index (χ1) is 9.74. The van der Waals surface area contributed by atoms with E-state index >= 15 is 0 Å². The van der Waals surface area contributed by atoms with Gasteiger partial charge in [-0.15, -0.1) is 0 Å². The highest BCUT2D eigenvalue weighted by Crippen LogP contribution is 2.21. The Morgan fingerprint density at radius 1 is 1.05 bits per heavy atom. The first-order valence-electron chi connectivity index (χ1n) is 6.57. The number of halogens is 1. The number of rotatable bonds is 4. The number of nitrogens with zero attached hydrogens (tertiary/aromatic N) is 1. The normalized spacial score (nSPS) is 10.8. The second kappa shape index (κ2) is 5.63. The average molecular weight is 328 g/mol. The van der Waals surface area contributed by atoms with E-state index < -0.39 is 0 Å². The summed E-state index contributed by atoms with van der Waals surface area (Å²) in [6, 6.07) is 17.7. The molecule has 1 heterocycles. The van der Waals surface area contributed by atoms with Crippen LogP contribution in [0.2, 0.25) is 0 Å². The zero-order valence-corrected chi connectivity index (χ0v) is 12.5. The van der Waals surface area contributed by atoms with Crippen molar-refractivity contribution in [1.82, 2.24) is 4.57 Å². The number of ketones is 1. The molecule has 20 heavy (non-hydrogen) atoms. The van der Waals surface area contributed by atoms with Crippen LogP contribution >= 0.6 is 15.9 Å². The van der Waals surface area contributed by atoms with Crippen LogP contribution in [-0.4, -0.2) is 10.4 Å². The van der Waals surface area contributed by atoms with Crippen molar-refractivity contribution in [1.29, 1.82) is 0 Å². The quantitative estimate of drug-likeness (QED) is 0.638. The summed E-state index contributed by atoms with van der Waals surface area (Å²) in [7, 11) is 0. The van der Waals surface area contributed by atoms with Crippen molar-refractivity contribution in [2.45, 2.75) is 13.0 Å². The molecule has 3 heteroatoms. The van der Waals surface area contributed by atoms with Crippen LogP contribution in [0, 0.1) is 0 Å². The maximum Gasteiger partial charge on any atom is 0.164 e. The van der Waals surface area contributed by atoms with Crippen molar-refractivity contribution >= 4 is 32.6 Å². The topological polar surface area (TPSA) is 22.0 Å². The standard InChI is InChI=1S/C17H14BrNO/c18-15-7-6-13-8-10-19(16(13)12-15)11-9-17(20)14-4-2-1-3-5-14/h1-8,10,12H,9,11H2. The molecule has 3 rings (SSSR count). The van der Waals surface area contributed by atoms with E-state index in [0.29, 0.717) is 13.0 Å². The van der Waals surface area contributed by atoms with Crippen LogP contribution in [-0.2, 0) is 6.54 Å². The van der Waals surface area contributed by atoms with Crippen LogP contribution in [0.15, 0.2) is 65.3 Å². The molecule has 0 saturated carbocycles. The second-order valence-corrected chi connectivity index (χ2v) is 5.67. The van der Waals surface area contributed by atoms with Crippen LogP contribution < -0.4 is 0 Å². The van der Waals surface area contributed by atoms with Crippen LogP contribution in [0.1, 0.15) is 16.8 Å². The van der Waals surface area contributed by atoms with Gasteiger partial charge < -0.3 is 4.57 Å². The van der Waals surface area contributed by atoms with E-state index in [1.807, 2.05) is 42.6 Å². The number of carbonyl (C=O) groups is 1. The van der Waals surface area contributed by atoms with Gasteiger partial charge in [0.05, 0.1) is 0 Å². The highest BCUT2D eigenvalue weighted by atomic mass is 79.9. The summed E-state index contributed by atoms with van der Waals surface area (Å²) in [6.45, 7) is 0.702. The first-order valence-corrected chi connectivity index (χ1v) is 7.36. The van der Waals surface area contributed by atoms with Crippen molar-refractivity contribution in [2.24, 2.45) is 0 Å². The number of aromatic nitrogens is 1. The minimum Gasteiger partial charge on any atom is -0.347 e. The van der Waals surface area contributed by atoms with Gasteiger partial charge in [0.25, 0.3) is 0 Å². The molecule has 0 fully saturated rings. The molecule has 0 atom stereocenters. The van der Waals surface area contributed by atoms with E-state index in [-0.39, 0.29) is 5.78 Å². The van der Waals surface area contributed by atoms with Crippen molar-refractivity contribution in [3.63, 3.8) is 0 Å². The summed E-state index contributed by atoms with van der Waals surface area (Å²) in [5, 5.41) is 1.19. The SMILES string of the molecule is O=C(CCn1ccc2ccc(Br)cc21)c1ccccc1. The number of hydrogen-bond donors (Lipinski definition) is 0. The van der Waals surface area contributed by atoms with Gasteiger partial charge in [-0.3, -0.25) is 4.79 Å². The fraction of sp³-hybridized carbons (Fsp3) is 0.118. The number of carbonyl (C=O) groups excluding carboxylic acids is 1. The Hall–Kier alpha value is -1.87. The highest BCUT2D eigenvalue weighted by molar-refractivity contribution is 9.10. The van der Waals surface area contributed by atoms with Gasteiger partial charge in [0, 0.05) is 34.7 Å². The predicted molar refractivity (Wildman–Crippen MR) is 85.0 cm³/mol. The van der Waals surface area contributed by atoms with Crippen LogP contribution in [0.4, 0.5) is 0 Å². The Bertz CT molecular complexity index is 746. The van der Waals surface area contributed by atoms with E-state index in [2.05, 4.69) is 38.7 Å². The monoisotopic (exact) mass is 327 g/mol. The summed E-state index contributed by atoms with van der Waals surface area (Å²) in [4.78, 5) is 12.1. The number of fused-ring (bicyclic) bond motifs is 1. The predicted octanol–water partition coefficient (Wildman–Crippen LogP) is 4.68. The van der Waals surface area contributed by atoms with E-state index in [1.54, 1.807) is 0 Å². The Kier molecular flexibility index (Phi) is 3.70. The minimum absolute atomic E-state index is 0.183. The van der Waals surface area contributed by atoms with Crippen molar-refractivity contribution in [3.05, 3.63) is 70.8 Å². The van der Waals surface area contributed by atoms with Crippen molar-refractivity contribution in [2.75, 3.05) is 0 Å². The fourth-order valence-corrected chi connectivity index (χ4v) is 2.69. The van der Waals surface area contributed by atoms with Gasteiger partial charge in [-0.25, -0.2) is 0 Å². The molecule has 0 amide bonds. The van der Waals surface area contributed by atoms with Crippen LogP contribution in [0.25, 0.3) is 10.9 Å². The lowest BCUT2D eigenvalue weighted by Crippen LogP contribution is -2.05. The second-order valence-electron chi connectivity index (χ2n) is 4.75. The smallest absolute Gasteiger partial charge is 0.164 e. The fourth-order valence-electron chi connectivity index (χ4n) is 2.34. The Morgan fingerprint density at radius 3 is 2.65 bits per heavy atom. The lowest BCUT2D eigenvalue weighted by Gasteiger charge is -2.05. The molecule has 1 aromatic heterocycles. The molecule has 0 aliphatic heterocycles. The average Bonchev–Trinajstić information content (AvgIpc) is 2.88. The zero-order chi connectivity index (χ0) is 13.9. The molecule has 0 aliphatic carbocycles. The largest absolute Gasteiger partial charge is 0.347 e. The molecule has 2 aromatic carbocycles. The molecule has 0 unspecified atom stereocenters. The van der Waals surface area contributed by atoms with Crippen LogP contribution in [0.3, 0.4) is 0 Å². The minimum atomic E-state index is 0.183. The molecule has 0 spiro atoms. The third kappa shape index (κ3) is 2.68. The van der Waals surface area contributed by atoms with Gasteiger partial charge in [0.1, 0.15) is 0 Å². The van der Waals surface area contributed by atoms with Gasteiger partial charge in [-0.2, -0.15) is 0 Å². The maximum absolute atomic E-state index is 12.1. The summed E-state index contributed by atoms with van der Waals surface area (Å²) < 4.78 is 3.18. The summed E-state index contributed by atoms with van der Waals surface area (Å²) >= 11 is 3.49. The number of Topliss-reactive ketones (excluding diaryl/α,β-unsaturated/α-hetero) is 1. The third-order valence-electron chi connectivity index (χ3n) is 3.41. The lowest BCUT2D eigenvalue weighted by atomic mass is 10.1. The number of hydrogen-bond acceptors (Lipinski definition) is 1. The van der Waals surface area contributed by atoms with E-state index in [1.165, 1.54) is 5.39 Å². The summed E-state index contributed by atoms with van der Waals surface area (Å²) in [5.74, 6) is 0.183. The van der Waals surface area contributed by atoms with E-state index in [9.17, 15) is 4.79 Å². The number of aryl methyl sites for hydroxylation is 1. The maximum atomic E-state index is 12.1. The Balaban J connectivity index is 1.77. The molecule has 0 saturated heterocycles. The molecule has 0 radical (unpaired) electrons. The molecule has 2 nitrogen and oxygen atoms in total. The van der Waals surface area contributed by atoms with E-state index in [4.69, 9.17) is 0 Å². The van der Waals surface area contributed by atoms with E-state index in [0.717, 1.165) is 15.6 Å². The molecular weight excluding hydrogens is 314 g/mol. The number of benzene rings is 2. The van der Waals surface area contributed by atoms with Crippen molar-refractivity contribution < 1.29 is 4.79 Å². The lowest BCUT2D eigenvalue weighted by molar-refractivity contribution is 0.0977. The Labute approximate surface area is 126 Å². The molecule has 100 valence electrons. The molecular formula is C17H14BrNO. The molecule has 0 bridgehead atoms. The third-order valence-corrected chi connectivity index (χ3v) is 3.90. The van der Waals surface area contributed by atoms with Crippen LogP contribution in [0.5, 0.6) is 0 Å². The van der Waals surface area contributed by atoms with Gasteiger partial charge in [0.15, 0.2) is 5.78 Å². The van der Waals surface area contributed by atoms with Gasteiger partial charge in [-0.05, 0) is 23.6 Å². The zero-order valence-electron chi connectivity index (χ0n) is 10.9. The first kappa shape index (κ1) is 13.1.